The maximum absolute atomic E-state index is 12.3. The van der Waals surface area contributed by atoms with Crippen molar-refractivity contribution in [3.63, 3.8) is 0 Å². The second-order valence-corrected chi connectivity index (χ2v) is 6.61. The van der Waals surface area contributed by atoms with Crippen molar-refractivity contribution in [3.8, 4) is 0 Å². The summed E-state index contributed by atoms with van der Waals surface area (Å²) in [6.45, 7) is 9.25. The third-order valence-corrected chi connectivity index (χ3v) is 4.37. The summed E-state index contributed by atoms with van der Waals surface area (Å²) >= 11 is 0. The van der Waals surface area contributed by atoms with Crippen LogP contribution in [0, 0.1) is 12.8 Å². The predicted octanol–water partition coefficient (Wildman–Crippen LogP) is 3.64. The van der Waals surface area contributed by atoms with Crippen LogP contribution in [-0.2, 0) is 4.79 Å². The Bertz CT molecular complexity index is 484. The van der Waals surface area contributed by atoms with Gasteiger partial charge in [0.1, 0.15) is 6.17 Å². The number of amides is 1. The highest BCUT2D eigenvalue weighted by atomic mass is 16.2. The van der Waals surface area contributed by atoms with Gasteiger partial charge in [-0.15, -0.1) is 0 Å². The fourth-order valence-corrected chi connectivity index (χ4v) is 3.13. The van der Waals surface area contributed by atoms with Crippen molar-refractivity contribution in [3.05, 3.63) is 35.4 Å². The van der Waals surface area contributed by atoms with Crippen molar-refractivity contribution in [2.24, 2.45) is 5.92 Å². The lowest BCUT2D eigenvalue weighted by Crippen LogP contribution is -2.38. The first kappa shape index (κ1) is 16.0. The van der Waals surface area contributed by atoms with Crippen LogP contribution >= 0.6 is 0 Å². The average Bonchev–Trinajstić information content (AvgIpc) is 2.80. The summed E-state index contributed by atoms with van der Waals surface area (Å²) in [5.41, 5.74) is 2.46. The molecule has 1 aliphatic heterocycles. The van der Waals surface area contributed by atoms with Gasteiger partial charge in [-0.3, -0.25) is 10.1 Å². The van der Waals surface area contributed by atoms with Gasteiger partial charge in [0.2, 0.25) is 5.91 Å². The minimum Gasteiger partial charge on any atom is -0.319 e. The number of nitrogens with one attached hydrogen (secondary N) is 1. The highest BCUT2D eigenvalue weighted by Crippen LogP contribution is 2.28. The SMILES string of the molecule is Cc1ccccc1C1NCC(=O)N1C(C)CCCC(C)C. The molecule has 1 aliphatic rings. The molecule has 1 heterocycles. The van der Waals surface area contributed by atoms with Crippen molar-refractivity contribution in [1.82, 2.24) is 10.2 Å². The molecule has 1 aromatic rings. The van der Waals surface area contributed by atoms with Crippen LogP contribution in [0.2, 0.25) is 0 Å². The van der Waals surface area contributed by atoms with Crippen LogP contribution in [0.4, 0.5) is 0 Å². The fraction of sp³-hybridized carbons (Fsp3) is 0.611. The van der Waals surface area contributed by atoms with Crippen LogP contribution in [0.1, 0.15) is 57.3 Å². The van der Waals surface area contributed by atoms with Crippen LogP contribution in [0.5, 0.6) is 0 Å². The molecule has 0 bridgehead atoms. The predicted molar refractivity (Wildman–Crippen MR) is 86.9 cm³/mol. The van der Waals surface area contributed by atoms with E-state index < -0.39 is 0 Å². The lowest BCUT2D eigenvalue weighted by atomic mass is 10.0. The molecular weight excluding hydrogens is 260 g/mol. The molecule has 0 aromatic heterocycles. The Morgan fingerprint density at radius 1 is 1.24 bits per heavy atom. The lowest BCUT2D eigenvalue weighted by Gasteiger charge is -2.31. The standard InChI is InChI=1S/C18H28N2O/c1-13(2)8-7-10-15(4)20-17(21)12-19-18(20)16-11-6-5-9-14(16)3/h5-6,9,11,13,15,18-19H,7-8,10,12H2,1-4H3. The summed E-state index contributed by atoms with van der Waals surface area (Å²) in [5, 5.41) is 3.37. The number of aryl methyl sites for hydroxylation is 1. The average molecular weight is 288 g/mol. The van der Waals surface area contributed by atoms with Crippen molar-refractivity contribution < 1.29 is 4.79 Å². The number of rotatable bonds is 6. The van der Waals surface area contributed by atoms with Gasteiger partial charge < -0.3 is 4.90 Å². The van der Waals surface area contributed by atoms with Gasteiger partial charge in [0.15, 0.2) is 0 Å². The van der Waals surface area contributed by atoms with E-state index in [1.54, 1.807) is 0 Å². The quantitative estimate of drug-likeness (QED) is 0.866. The maximum atomic E-state index is 12.3. The molecule has 1 N–H and O–H groups in total. The van der Waals surface area contributed by atoms with Crippen molar-refractivity contribution >= 4 is 5.91 Å². The first-order chi connectivity index (χ1) is 10.0. The molecule has 0 radical (unpaired) electrons. The Hall–Kier alpha value is -1.35. The first-order valence-electron chi connectivity index (χ1n) is 8.10. The summed E-state index contributed by atoms with van der Waals surface area (Å²) in [4.78, 5) is 14.3. The summed E-state index contributed by atoms with van der Waals surface area (Å²) in [5.74, 6) is 0.956. The van der Waals surface area contributed by atoms with Gasteiger partial charge >= 0.3 is 0 Å². The maximum Gasteiger partial charge on any atom is 0.238 e. The zero-order chi connectivity index (χ0) is 15.4. The van der Waals surface area contributed by atoms with Crippen LogP contribution in [0.15, 0.2) is 24.3 Å². The molecule has 1 fully saturated rings. The molecule has 0 spiro atoms. The number of nitrogens with zero attached hydrogens (tertiary/aromatic N) is 1. The van der Waals surface area contributed by atoms with E-state index in [-0.39, 0.29) is 18.1 Å². The van der Waals surface area contributed by atoms with E-state index in [1.807, 2.05) is 11.0 Å². The fourth-order valence-electron chi connectivity index (χ4n) is 3.13. The molecule has 0 saturated carbocycles. The Morgan fingerprint density at radius 3 is 2.62 bits per heavy atom. The molecule has 1 amide bonds. The molecule has 3 heteroatoms. The van der Waals surface area contributed by atoms with E-state index in [9.17, 15) is 4.79 Å². The highest BCUT2D eigenvalue weighted by molar-refractivity contribution is 5.81. The van der Waals surface area contributed by atoms with Crippen LogP contribution in [0.3, 0.4) is 0 Å². The number of benzene rings is 1. The Balaban J connectivity index is 2.08. The van der Waals surface area contributed by atoms with Gasteiger partial charge in [0.25, 0.3) is 0 Å². The second kappa shape index (κ2) is 7.08. The normalized spacial score (nSPS) is 20.3. The number of hydrogen-bond donors (Lipinski definition) is 1. The van der Waals surface area contributed by atoms with Crippen molar-refractivity contribution in [2.75, 3.05) is 6.54 Å². The molecule has 1 saturated heterocycles. The zero-order valence-electron chi connectivity index (χ0n) is 13.7. The highest BCUT2D eigenvalue weighted by Gasteiger charge is 2.35. The van der Waals surface area contributed by atoms with E-state index in [2.05, 4.69) is 51.2 Å². The largest absolute Gasteiger partial charge is 0.319 e. The summed E-state index contributed by atoms with van der Waals surface area (Å²) in [7, 11) is 0. The van der Waals surface area contributed by atoms with Crippen LogP contribution < -0.4 is 5.32 Å². The van der Waals surface area contributed by atoms with Gasteiger partial charge in [-0.2, -0.15) is 0 Å². The van der Waals surface area contributed by atoms with E-state index in [4.69, 9.17) is 0 Å². The first-order valence-corrected chi connectivity index (χ1v) is 8.10. The molecular formula is C18H28N2O. The Morgan fingerprint density at radius 2 is 1.95 bits per heavy atom. The minimum atomic E-state index is 0.0350. The number of hydrogen-bond acceptors (Lipinski definition) is 2. The number of carbonyl (C=O) groups excluding carboxylic acids is 1. The smallest absolute Gasteiger partial charge is 0.238 e. The summed E-state index contributed by atoms with van der Waals surface area (Å²) in [6, 6.07) is 8.62. The minimum absolute atomic E-state index is 0.0350. The molecule has 116 valence electrons. The summed E-state index contributed by atoms with van der Waals surface area (Å²) < 4.78 is 0. The van der Waals surface area contributed by atoms with E-state index in [0.29, 0.717) is 6.54 Å². The van der Waals surface area contributed by atoms with Gasteiger partial charge in [-0.1, -0.05) is 51.0 Å². The van der Waals surface area contributed by atoms with Gasteiger partial charge in [-0.05, 0) is 37.3 Å². The molecule has 0 aliphatic carbocycles. The lowest BCUT2D eigenvalue weighted by molar-refractivity contribution is -0.130. The topological polar surface area (TPSA) is 32.3 Å². The molecule has 21 heavy (non-hydrogen) atoms. The van der Waals surface area contributed by atoms with Crippen LogP contribution in [-0.4, -0.2) is 23.4 Å². The van der Waals surface area contributed by atoms with E-state index >= 15 is 0 Å². The van der Waals surface area contributed by atoms with E-state index in [1.165, 1.54) is 24.0 Å². The Labute approximate surface area is 128 Å². The van der Waals surface area contributed by atoms with Gasteiger partial charge in [0, 0.05) is 6.04 Å². The zero-order valence-corrected chi connectivity index (χ0v) is 13.7. The van der Waals surface area contributed by atoms with Gasteiger partial charge in [-0.25, -0.2) is 0 Å². The van der Waals surface area contributed by atoms with Gasteiger partial charge in [0.05, 0.1) is 6.54 Å². The van der Waals surface area contributed by atoms with Crippen LogP contribution in [0.25, 0.3) is 0 Å². The molecule has 2 atom stereocenters. The molecule has 2 rings (SSSR count). The third-order valence-electron chi connectivity index (χ3n) is 4.37. The molecule has 3 nitrogen and oxygen atoms in total. The third kappa shape index (κ3) is 3.85. The van der Waals surface area contributed by atoms with Crippen molar-refractivity contribution in [1.29, 1.82) is 0 Å². The monoisotopic (exact) mass is 288 g/mol. The van der Waals surface area contributed by atoms with E-state index in [0.717, 1.165) is 12.3 Å². The molecule has 1 aromatic carbocycles. The summed E-state index contributed by atoms with van der Waals surface area (Å²) in [6.07, 6.45) is 3.53. The van der Waals surface area contributed by atoms with Crippen molar-refractivity contribution in [2.45, 2.75) is 59.2 Å². The second-order valence-electron chi connectivity index (χ2n) is 6.61. The Kier molecular flexibility index (Phi) is 5.40. The number of carbonyl (C=O) groups is 1. The molecule has 2 unspecified atom stereocenters.